The first-order chi connectivity index (χ1) is 16.9. The number of anilines is 1. The lowest BCUT2D eigenvalue weighted by Crippen LogP contribution is -2.40. The largest absolute Gasteiger partial charge is 0.480 e. The summed E-state index contributed by atoms with van der Waals surface area (Å²) in [5, 5.41) is 12.7. The number of alkyl halides is 2. The van der Waals surface area contributed by atoms with E-state index in [9.17, 15) is 23.5 Å². The first-order valence-electron chi connectivity index (χ1n) is 11.4. The number of nitrogens with one attached hydrogen (secondary N) is 1. The number of carboxylic acids is 1. The van der Waals surface area contributed by atoms with E-state index in [1.54, 1.807) is 57.2 Å². The summed E-state index contributed by atoms with van der Waals surface area (Å²) >= 11 is 6.06. The molecule has 0 aliphatic heterocycles. The number of carbonyl (C=O) groups excluding carboxylic acids is 1. The van der Waals surface area contributed by atoms with E-state index in [4.69, 9.17) is 11.6 Å². The van der Waals surface area contributed by atoms with Crippen LogP contribution < -0.4 is 5.32 Å². The Balaban J connectivity index is 1.92. The smallest absolute Gasteiger partial charge is 0.326 e. The second-order valence-corrected chi connectivity index (χ2v) is 9.37. The minimum absolute atomic E-state index is 0.375. The van der Waals surface area contributed by atoms with Gasteiger partial charge in [-0.25, -0.2) is 13.6 Å². The fourth-order valence-electron chi connectivity index (χ4n) is 4.11. The van der Waals surface area contributed by atoms with E-state index >= 15 is 0 Å². The zero-order valence-corrected chi connectivity index (χ0v) is 21.5. The maximum Gasteiger partial charge on any atom is 0.326 e. The highest BCUT2D eigenvalue weighted by Crippen LogP contribution is 2.32. The Kier molecular flexibility index (Phi) is 8.35. The highest BCUT2D eigenvalue weighted by atomic mass is 35.5. The average Bonchev–Trinajstić information content (AvgIpc) is 2.82. The van der Waals surface area contributed by atoms with Crippen LogP contribution in [0.1, 0.15) is 45.6 Å². The van der Waals surface area contributed by atoms with Gasteiger partial charge in [0.25, 0.3) is 12.3 Å². The van der Waals surface area contributed by atoms with Crippen LogP contribution in [0.2, 0.25) is 5.02 Å². The molecule has 0 heterocycles. The van der Waals surface area contributed by atoms with Gasteiger partial charge in [0, 0.05) is 23.3 Å². The van der Waals surface area contributed by atoms with Gasteiger partial charge in [-0.05, 0) is 79.3 Å². The van der Waals surface area contributed by atoms with Crippen molar-refractivity contribution in [3.05, 3.63) is 87.4 Å². The van der Waals surface area contributed by atoms with Crippen molar-refractivity contribution in [2.75, 3.05) is 12.4 Å². The monoisotopic (exact) mass is 514 g/mol. The van der Waals surface area contributed by atoms with Crippen molar-refractivity contribution in [2.45, 2.75) is 46.2 Å². The van der Waals surface area contributed by atoms with Crippen molar-refractivity contribution in [3.8, 4) is 11.1 Å². The zero-order valence-electron chi connectivity index (χ0n) is 20.8. The second-order valence-electron chi connectivity index (χ2n) is 8.96. The van der Waals surface area contributed by atoms with E-state index in [1.807, 2.05) is 18.2 Å². The van der Waals surface area contributed by atoms with E-state index in [0.717, 1.165) is 16.7 Å². The Morgan fingerprint density at radius 3 is 2.14 bits per heavy atom. The number of hydrogen-bond acceptors (Lipinski definition) is 3. The Bertz CT molecular complexity index is 1270. The maximum absolute atomic E-state index is 14.0. The third-order valence-corrected chi connectivity index (χ3v) is 6.74. The van der Waals surface area contributed by atoms with Crippen LogP contribution in [0.5, 0.6) is 0 Å². The lowest BCUT2D eigenvalue weighted by molar-refractivity contribution is -0.141. The molecule has 3 aromatic carbocycles. The summed E-state index contributed by atoms with van der Waals surface area (Å²) in [6, 6.07) is 13.5. The molecule has 0 aliphatic rings. The van der Waals surface area contributed by atoms with E-state index in [1.165, 1.54) is 18.9 Å². The van der Waals surface area contributed by atoms with Crippen molar-refractivity contribution in [1.82, 2.24) is 4.90 Å². The molecule has 5 nitrogen and oxygen atoms in total. The maximum atomic E-state index is 14.0. The Hall–Kier alpha value is -3.45. The number of carboxylic acid groups (broad SMARTS) is 1. The molecule has 36 heavy (non-hydrogen) atoms. The van der Waals surface area contributed by atoms with Crippen LogP contribution in [0.4, 0.5) is 14.5 Å². The van der Waals surface area contributed by atoms with Crippen LogP contribution in [0.3, 0.4) is 0 Å². The molecule has 0 saturated carbocycles. The number of aryl methyl sites for hydroxylation is 3. The summed E-state index contributed by atoms with van der Waals surface area (Å²) in [5.74, 6) is -1.46. The molecule has 2 N–H and O–H groups in total. The van der Waals surface area contributed by atoms with E-state index in [2.05, 4.69) is 5.32 Å². The van der Waals surface area contributed by atoms with Crippen molar-refractivity contribution in [1.29, 1.82) is 0 Å². The molecule has 0 aliphatic carbocycles. The molecule has 8 heteroatoms. The molecule has 0 fully saturated rings. The summed E-state index contributed by atoms with van der Waals surface area (Å²) in [6.45, 7) is 6.81. The third kappa shape index (κ3) is 5.85. The van der Waals surface area contributed by atoms with Gasteiger partial charge in [0.15, 0.2) is 0 Å². The summed E-state index contributed by atoms with van der Waals surface area (Å²) in [6.07, 6.45) is -2.64. The molecular weight excluding hydrogens is 486 g/mol. The van der Waals surface area contributed by atoms with Crippen molar-refractivity contribution < 1.29 is 23.5 Å². The molecule has 190 valence electrons. The van der Waals surface area contributed by atoms with Crippen molar-refractivity contribution >= 4 is 29.2 Å². The molecule has 0 bridgehead atoms. The van der Waals surface area contributed by atoms with Crippen molar-refractivity contribution in [2.24, 2.45) is 0 Å². The fraction of sp³-hybridized carbons (Fsp3) is 0.286. The number of nitrogens with zero attached hydrogens (tertiary/aromatic N) is 1. The van der Waals surface area contributed by atoms with Crippen LogP contribution in [0, 0.1) is 20.8 Å². The van der Waals surface area contributed by atoms with Crippen LogP contribution >= 0.6 is 11.6 Å². The predicted molar refractivity (Wildman–Crippen MR) is 139 cm³/mol. The first-order valence-corrected chi connectivity index (χ1v) is 11.8. The van der Waals surface area contributed by atoms with Gasteiger partial charge in [0.2, 0.25) is 0 Å². The van der Waals surface area contributed by atoms with Gasteiger partial charge in [-0.1, -0.05) is 48.0 Å². The number of likely N-dealkylation sites (N-methyl/N-ethyl adjacent to an activating group) is 1. The molecular formula is C28H29ClF2N2O3. The van der Waals surface area contributed by atoms with E-state index < -0.39 is 24.5 Å². The molecule has 3 aromatic rings. The van der Waals surface area contributed by atoms with Gasteiger partial charge in [0.1, 0.15) is 12.1 Å². The highest BCUT2D eigenvalue weighted by molar-refractivity contribution is 6.31. The van der Waals surface area contributed by atoms with E-state index in [0.29, 0.717) is 33.0 Å². The topological polar surface area (TPSA) is 69.6 Å². The molecule has 0 saturated heterocycles. The summed E-state index contributed by atoms with van der Waals surface area (Å²) in [5.41, 5.74) is 5.12. The van der Waals surface area contributed by atoms with Gasteiger partial charge in [-0.15, -0.1) is 0 Å². The van der Waals surface area contributed by atoms with Crippen LogP contribution in [0.25, 0.3) is 11.1 Å². The molecule has 0 aromatic heterocycles. The SMILES string of the molecule is Cc1cc(C(Nc2cccc(-c3cc(C)c(C(=O)N(C)[C@@H](C)C(=O)O)c(C)c3)c2)C(F)F)ccc1Cl. The molecule has 1 unspecified atom stereocenters. The normalized spacial score (nSPS) is 12.8. The summed E-state index contributed by atoms with van der Waals surface area (Å²) in [7, 11) is 1.46. The lowest BCUT2D eigenvalue weighted by Gasteiger charge is -2.24. The standard InChI is InChI=1S/C28H29ClF2N2O3/c1-15-11-20(9-10-23(15)29)25(26(30)31)32-22-8-6-7-19(14-22)21-12-16(2)24(17(3)13-21)27(34)33(5)18(4)28(35)36/h6-14,18,25-26,32H,1-5H3,(H,35,36)/t18-,25?/m0/s1. The quantitative estimate of drug-likeness (QED) is 0.343. The molecule has 2 atom stereocenters. The minimum atomic E-state index is -2.64. The Morgan fingerprint density at radius 1 is 0.944 bits per heavy atom. The summed E-state index contributed by atoms with van der Waals surface area (Å²) in [4.78, 5) is 25.5. The van der Waals surface area contributed by atoms with Gasteiger partial charge >= 0.3 is 5.97 Å². The zero-order chi connectivity index (χ0) is 26.7. The van der Waals surface area contributed by atoms with E-state index in [-0.39, 0.29) is 5.91 Å². The molecule has 0 radical (unpaired) electrons. The number of benzene rings is 3. The highest BCUT2D eigenvalue weighted by Gasteiger charge is 2.26. The number of rotatable bonds is 8. The number of aliphatic carboxylic acids is 1. The van der Waals surface area contributed by atoms with Crippen LogP contribution in [-0.4, -0.2) is 41.4 Å². The first kappa shape index (κ1) is 27.1. The number of hydrogen-bond donors (Lipinski definition) is 2. The minimum Gasteiger partial charge on any atom is -0.480 e. The Labute approximate surface area is 214 Å². The number of amides is 1. The number of halogens is 3. The Morgan fingerprint density at radius 2 is 1.58 bits per heavy atom. The van der Waals surface area contributed by atoms with Gasteiger partial charge in [-0.3, -0.25) is 4.79 Å². The lowest BCUT2D eigenvalue weighted by atomic mass is 9.94. The van der Waals surface area contributed by atoms with Gasteiger partial charge < -0.3 is 15.3 Å². The fourth-order valence-corrected chi connectivity index (χ4v) is 4.22. The molecule has 0 spiro atoms. The molecule has 3 rings (SSSR count). The predicted octanol–water partition coefficient (Wildman–Crippen LogP) is 6.90. The van der Waals surface area contributed by atoms with Crippen LogP contribution in [0.15, 0.2) is 54.6 Å². The molecule has 1 amide bonds. The van der Waals surface area contributed by atoms with Gasteiger partial charge in [-0.2, -0.15) is 0 Å². The van der Waals surface area contributed by atoms with Crippen LogP contribution in [-0.2, 0) is 4.79 Å². The third-order valence-electron chi connectivity index (χ3n) is 6.32. The number of carbonyl (C=O) groups is 2. The van der Waals surface area contributed by atoms with Crippen molar-refractivity contribution in [3.63, 3.8) is 0 Å². The summed E-state index contributed by atoms with van der Waals surface area (Å²) < 4.78 is 27.9. The second kappa shape index (κ2) is 11.1. The average molecular weight is 515 g/mol. The van der Waals surface area contributed by atoms with Gasteiger partial charge in [0.05, 0.1) is 0 Å².